The van der Waals surface area contributed by atoms with Crippen molar-refractivity contribution in [2.75, 3.05) is 19.6 Å². The summed E-state index contributed by atoms with van der Waals surface area (Å²) in [5.41, 5.74) is 5.65. The van der Waals surface area contributed by atoms with E-state index in [-0.39, 0.29) is 6.42 Å². The van der Waals surface area contributed by atoms with E-state index in [1.54, 1.807) is 0 Å². The van der Waals surface area contributed by atoms with Crippen molar-refractivity contribution in [3.63, 3.8) is 0 Å². The Hall–Kier alpha value is -0.220. The average molecular weight is 204 g/mol. The van der Waals surface area contributed by atoms with Gasteiger partial charge in [-0.1, -0.05) is 6.92 Å². The monoisotopic (exact) mass is 204 g/mol. The van der Waals surface area contributed by atoms with Crippen LogP contribution >= 0.6 is 0 Å². The van der Waals surface area contributed by atoms with E-state index in [1.165, 1.54) is 0 Å². The molecule has 0 aromatic heterocycles. The molecule has 1 aliphatic carbocycles. The van der Waals surface area contributed by atoms with Crippen molar-refractivity contribution in [2.24, 2.45) is 17.6 Å². The van der Waals surface area contributed by atoms with E-state index in [0.717, 1.165) is 13.0 Å². The Morgan fingerprint density at radius 2 is 2.14 bits per heavy atom. The maximum atomic E-state index is 12.7. The van der Waals surface area contributed by atoms with Crippen LogP contribution in [-0.4, -0.2) is 36.5 Å². The molecular weight excluding hydrogens is 186 g/mol. The first kappa shape index (κ1) is 10.3. The minimum absolute atomic E-state index is 0.0785. The molecular formula is C10H18F2N2. The quantitative estimate of drug-likeness (QED) is 0.751. The highest BCUT2D eigenvalue weighted by Gasteiger charge is 2.57. The van der Waals surface area contributed by atoms with Gasteiger partial charge in [-0.3, -0.25) is 4.90 Å². The summed E-state index contributed by atoms with van der Waals surface area (Å²) in [4.78, 5) is 2.15. The normalized spacial score (nSPS) is 41.6. The maximum absolute atomic E-state index is 12.7. The Morgan fingerprint density at radius 1 is 1.50 bits per heavy atom. The number of nitrogens with two attached hydrogens (primary N) is 1. The molecule has 1 aliphatic heterocycles. The van der Waals surface area contributed by atoms with Gasteiger partial charge in [0.2, 0.25) is 0 Å². The molecule has 0 spiro atoms. The molecule has 0 aromatic carbocycles. The summed E-state index contributed by atoms with van der Waals surface area (Å²) in [5.74, 6) is -2.22. The molecule has 0 radical (unpaired) electrons. The minimum Gasteiger partial charge on any atom is -0.329 e. The number of halogens is 2. The molecule has 4 heteroatoms. The lowest BCUT2D eigenvalue weighted by molar-refractivity contribution is 0.0846. The highest BCUT2D eigenvalue weighted by Crippen LogP contribution is 2.49. The number of alkyl halides is 2. The van der Waals surface area contributed by atoms with Crippen molar-refractivity contribution in [1.29, 1.82) is 0 Å². The number of nitrogens with zero attached hydrogens (tertiary/aromatic N) is 1. The second-order valence-corrected chi connectivity index (χ2v) is 4.73. The molecule has 1 saturated carbocycles. The Kier molecular flexibility index (Phi) is 2.52. The van der Waals surface area contributed by atoms with E-state index in [4.69, 9.17) is 5.73 Å². The van der Waals surface area contributed by atoms with Crippen LogP contribution in [0.15, 0.2) is 0 Å². The predicted molar refractivity (Wildman–Crippen MR) is 51.3 cm³/mol. The topological polar surface area (TPSA) is 29.3 Å². The van der Waals surface area contributed by atoms with E-state index < -0.39 is 11.8 Å². The van der Waals surface area contributed by atoms with Crippen LogP contribution in [0.5, 0.6) is 0 Å². The Labute approximate surface area is 83.4 Å². The first-order chi connectivity index (χ1) is 6.54. The Bertz CT molecular complexity index is 220. The van der Waals surface area contributed by atoms with Gasteiger partial charge in [0.1, 0.15) is 0 Å². The Balaban J connectivity index is 1.86. The molecule has 3 unspecified atom stereocenters. The molecule has 0 aromatic rings. The molecule has 2 rings (SSSR count). The van der Waals surface area contributed by atoms with Crippen molar-refractivity contribution in [1.82, 2.24) is 4.90 Å². The molecule has 3 atom stereocenters. The fraction of sp³-hybridized carbons (Fsp3) is 1.00. The first-order valence-corrected chi connectivity index (χ1v) is 5.36. The molecule has 0 amide bonds. The highest BCUT2D eigenvalue weighted by molar-refractivity contribution is 4.99. The fourth-order valence-corrected chi connectivity index (χ4v) is 2.45. The average Bonchev–Trinajstić information content (AvgIpc) is 2.55. The summed E-state index contributed by atoms with van der Waals surface area (Å²) in [7, 11) is 0. The summed E-state index contributed by atoms with van der Waals surface area (Å²) >= 11 is 0. The second kappa shape index (κ2) is 3.42. The second-order valence-electron chi connectivity index (χ2n) is 4.73. The molecule has 2 aliphatic rings. The van der Waals surface area contributed by atoms with Gasteiger partial charge in [0, 0.05) is 31.5 Å². The van der Waals surface area contributed by atoms with Gasteiger partial charge in [0.15, 0.2) is 0 Å². The van der Waals surface area contributed by atoms with Crippen molar-refractivity contribution >= 4 is 0 Å². The molecule has 14 heavy (non-hydrogen) atoms. The lowest BCUT2D eigenvalue weighted by Gasteiger charge is -2.25. The van der Waals surface area contributed by atoms with Crippen LogP contribution in [0.1, 0.15) is 19.8 Å². The van der Waals surface area contributed by atoms with Gasteiger partial charge >= 0.3 is 0 Å². The van der Waals surface area contributed by atoms with Gasteiger partial charge in [-0.25, -0.2) is 8.78 Å². The third-order valence-electron chi connectivity index (χ3n) is 3.65. The Morgan fingerprint density at radius 3 is 2.64 bits per heavy atom. The van der Waals surface area contributed by atoms with Gasteiger partial charge < -0.3 is 5.73 Å². The lowest BCUT2D eigenvalue weighted by Crippen LogP contribution is -2.39. The number of hydrogen-bond acceptors (Lipinski definition) is 2. The lowest BCUT2D eigenvalue weighted by atomic mass is 10.0. The van der Waals surface area contributed by atoms with Crippen molar-refractivity contribution in [3.8, 4) is 0 Å². The molecule has 2 N–H and O–H groups in total. The zero-order chi connectivity index (χ0) is 10.3. The van der Waals surface area contributed by atoms with Crippen LogP contribution < -0.4 is 5.73 Å². The predicted octanol–water partition coefficient (Wildman–Crippen LogP) is 1.31. The van der Waals surface area contributed by atoms with Crippen LogP contribution in [0.3, 0.4) is 0 Å². The molecule has 1 heterocycles. The standard InChI is InChI=1S/C10H18F2N2/c1-7-2-3-14(9(7)5-13)6-8-4-10(8,11)12/h7-9H,2-6,13H2,1H3. The SMILES string of the molecule is CC1CCN(CC2CC2(F)F)C1CN. The number of rotatable bonds is 3. The highest BCUT2D eigenvalue weighted by atomic mass is 19.3. The summed E-state index contributed by atoms with van der Waals surface area (Å²) < 4.78 is 25.4. The van der Waals surface area contributed by atoms with Gasteiger partial charge in [0.25, 0.3) is 5.92 Å². The van der Waals surface area contributed by atoms with Crippen molar-refractivity contribution in [3.05, 3.63) is 0 Å². The summed E-state index contributed by atoms with van der Waals surface area (Å²) in [6.07, 6.45) is 1.18. The molecule has 2 nitrogen and oxygen atoms in total. The number of likely N-dealkylation sites (tertiary alicyclic amines) is 1. The van der Waals surface area contributed by atoms with Crippen LogP contribution in [0, 0.1) is 11.8 Å². The van der Waals surface area contributed by atoms with Crippen LogP contribution in [0.2, 0.25) is 0 Å². The minimum atomic E-state index is -2.38. The summed E-state index contributed by atoms with van der Waals surface area (Å²) in [5, 5.41) is 0. The van der Waals surface area contributed by atoms with Crippen molar-refractivity contribution in [2.45, 2.75) is 31.7 Å². The van der Waals surface area contributed by atoms with E-state index in [2.05, 4.69) is 11.8 Å². The zero-order valence-electron chi connectivity index (χ0n) is 8.55. The first-order valence-electron chi connectivity index (χ1n) is 5.36. The third kappa shape index (κ3) is 1.77. The van der Waals surface area contributed by atoms with Gasteiger partial charge in [-0.2, -0.15) is 0 Å². The number of hydrogen-bond donors (Lipinski definition) is 1. The molecule has 0 bridgehead atoms. The smallest absolute Gasteiger partial charge is 0.252 e. The maximum Gasteiger partial charge on any atom is 0.252 e. The molecule has 82 valence electrons. The third-order valence-corrected chi connectivity index (χ3v) is 3.65. The van der Waals surface area contributed by atoms with Crippen LogP contribution in [0.25, 0.3) is 0 Å². The van der Waals surface area contributed by atoms with E-state index >= 15 is 0 Å². The summed E-state index contributed by atoms with van der Waals surface area (Å²) in [6, 6.07) is 0.325. The largest absolute Gasteiger partial charge is 0.329 e. The van der Waals surface area contributed by atoms with Crippen LogP contribution in [0.4, 0.5) is 8.78 Å². The summed E-state index contributed by atoms with van der Waals surface area (Å²) in [6.45, 7) is 4.23. The fourth-order valence-electron chi connectivity index (χ4n) is 2.45. The van der Waals surface area contributed by atoms with Gasteiger partial charge in [-0.15, -0.1) is 0 Å². The van der Waals surface area contributed by atoms with Gasteiger partial charge in [-0.05, 0) is 18.9 Å². The molecule has 1 saturated heterocycles. The van der Waals surface area contributed by atoms with E-state index in [1.807, 2.05) is 0 Å². The van der Waals surface area contributed by atoms with Crippen LogP contribution in [-0.2, 0) is 0 Å². The molecule has 2 fully saturated rings. The van der Waals surface area contributed by atoms with E-state index in [0.29, 0.717) is 25.0 Å². The van der Waals surface area contributed by atoms with E-state index in [9.17, 15) is 8.78 Å². The van der Waals surface area contributed by atoms with Crippen molar-refractivity contribution < 1.29 is 8.78 Å². The van der Waals surface area contributed by atoms with Gasteiger partial charge in [0.05, 0.1) is 0 Å². The zero-order valence-corrected chi connectivity index (χ0v) is 8.55.